The fraction of sp³-hybridized carbons (Fsp3) is 0.600. The Kier molecular flexibility index (Phi) is 7.85. The van der Waals surface area contributed by atoms with Gasteiger partial charge in [0.15, 0.2) is 0 Å². The number of likely N-dealkylation sites (tertiary alicyclic amines) is 1. The Morgan fingerprint density at radius 1 is 1.10 bits per heavy atom. The molecule has 1 aromatic rings. The van der Waals surface area contributed by atoms with Gasteiger partial charge in [-0.1, -0.05) is 11.8 Å². The van der Waals surface area contributed by atoms with E-state index >= 15 is 0 Å². The van der Waals surface area contributed by atoms with Crippen molar-refractivity contribution in [2.24, 2.45) is 5.92 Å². The molecule has 2 aliphatic rings. The third kappa shape index (κ3) is 6.13. The van der Waals surface area contributed by atoms with Crippen molar-refractivity contribution >= 4 is 29.3 Å². The summed E-state index contributed by atoms with van der Waals surface area (Å²) >= 11 is 0.476. The summed E-state index contributed by atoms with van der Waals surface area (Å²) in [5, 5.41) is 2.84. The third-order valence-electron chi connectivity index (χ3n) is 5.48. The summed E-state index contributed by atoms with van der Waals surface area (Å²) in [5.74, 6) is -2.39. The normalized spacial score (nSPS) is 19.9. The average molecular weight is 428 g/mol. The van der Waals surface area contributed by atoms with Gasteiger partial charge in [0.25, 0.3) is 5.76 Å². The van der Waals surface area contributed by atoms with Crippen molar-refractivity contribution in [3.05, 3.63) is 24.3 Å². The monoisotopic (exact) mass is 427 g/mol. The number of hydrogen-bond donors (Lipinski definition) is 1. The van der Waals surface area contributed by atoms with Gasteiger partial charge in [-0.25, -0.2) is 0 Å². The summed E-state index contributed by atoms with van der Waals surface area (Å²) in [6.45, 7) is 5.76. The predicted molar refractivity (Wildman–Crippen MR) is 108 cm³/mol. The van der Waals surface area contributed by atoms with Crippen molar-refractivity contribution in [2.75, 3.05) is 44.7 Å². The van der Waals surface area contributed by atoms with Gasteiger partial charge in [-0.05, 0) is 57.1 Å². The fourth-order valence-corrected chi connectivity index (χ4v) is 4.21. The molecule has 0 saturated carbocycles. The number of nitrogens with zero attached hydrogens (tertiary/aromatic N) is 2. The molecule has 1 atom stereocenters. The minimum absolute atomic E-state index is 0.0134. The first-order valence-electron chi connectivity index (χ1n) is 9.90. The second-order valence-corrected chi connectivity index (χ2v) is 8.38. The minimum Gasteiger partial charge on any atom is -0.378 e. The Hall–Kier alpha value is -1.71. The van der Waals surface area contributed by atoms with E-state index in [0.717, 1.165) is 12.8 Å². The molecule has 0 spiro atoms. The minimum atomic E-state index is -2.46. The van der Waals surface area contributed by atoms with Crippen molar-refractivity contribution in [3.8, 4) is 0 Å². The number of anilines is 1. The second kappa shape index (κ2) is 10.4. The molecule has 9 heteroatoms. The van der Waals surface area contributed by atoms with Gasteiger partial charge in [0, 0.05) is 29.6 Å². The first-order valence-corrected chi connectivity index (χ1v) is 10.8. The molecule has 1 N–H and O–H groups in total. The summed E-state index contributed by atoms with van der Waals surface area (Å²) in [5.41, 5.74) is 0.581. The van der Waals surface area contributed by atoms with Crippen LogP contribution in [0, 0.1) is 5.92 Å². The molecule has 3 rings (SSSR count). The molecule has 0 bridgehead atoms. The Morgan fingerprint density at radius 2 is 1.72 bits per heavy atom. The number of amides is 2. The molecular weight excluding hydrogens is 400 g/mol. The number of piperidine rings is 1. The van der Waals surface area contributed by atoms with Crippen LogP contribution in [-0.2, 0) is 14.3 Å². The zero-order valence-corrected chi connectivity index (χ0v) is 17.3. The maximum absolute atomic E-state index is 12.6. The quantitative estimate of drug-likeness (QED) is 0.708. The first-order chi connectivity index (χ1) is 13.9. The van der Waals surface area contributed by atoms with Crippen LogP contribution in [0.2, 0.25) is 0 Å². The number of carbonyl (C=O) groups is 2. The smallest absolute Gasteiger partial charge is 0.288 e. The summed E-state index contributed by atoms with van der Waals surface area (Å²) < 4.78 is 30.1. The van der Waals surface area contributed by atoms with Crippen LogP contribution < -0.4 is 5.32 Å². The van der Waals surface area contributed by atoms with E-state index in [4.69, 9.17) is 4.74 Å². The molecule has 2 fully saturated rings. The molecule has 2 amide bonds. The number of hydrogen-bond acceptors (Lipinski definition) is 5. The van der Waals surface area contributed by atoms with Gasteiger partial charge in [0.05, 0.1) is 19.3 Å². The highest BCUT2D eigenvalue weighted by molar-refractivity contribution is 7.99. The van der Waals surface area contributed by atoms with E-state index < -0.39 is 5.76 Å². The van der Waals surface area contributed by atoms with Crippen LogP contribution in [0.15, 0.2) is 29.2 Å². The molecular formula is C20H27F2N3O3S. The molecule has 6 nitrogen and oxygen atoms in total. The van der Waals surface area contributed by atoms with E-state index in [1.54, 1.807) is 24.3 Å². The number of alkyl halides is 2. The van der Waals surface area contributed by atoms with E-state index in [1.807, 2.05) is 11.8 Å². The number of ether oxygens (including phenoxy) is 1. The highest BCUT2D eigenvalue weighted by atomic mass is 32.2. The van der Waals surface area contributed by atoms with Crippen LogP contribution in [0.1, 0.15) is 19.8 Å². The average Bonchev–Trinajstić information content (AvgIpc) is 2.74. The van der Waals surface area contributed by atoms with E-state index in [-0.39, 0.29) is 23.8 Å². The van der Waals surface area contributed by atoms with E-state index in [0.29, 0.717) is 61.7 Å². The van der Waals surface area contributed by atoms with Gasteiger partial charge in [0.2, 0.25) is 11.8 Å². The lowest BCUT2D eigenvalue weighted by Crippen LogP contribution is -2.50. The van der Waals surface area contributed by atoms with Crippen LogP contribution in [0.4, 0.5) is 14.5 Å². The van der Waals surface area contributed by atoms with Crippen LogP contribution in [0.5, 0.6) is 0 Å². The summed E-state index contributed by atoms with van der Waals surface area (Å²) in [7, 11) is 0. The van der Waals surface area contributed by atoms with Crippen LogP contribution in [-0.4, -0.2) is 72.8 Å². The number of morpholine rings is 1. The molecule has 2 saturated heterocycles. The number of thioether (sulfide) groups is 1. The van der Waals surface area contributed by atoms with Gasteiger partial charge in [-0.2, -0.15) is 8.78 Å². The largest absolute Gasteiger partial charge is 0.378 e. The molecule has 2 aliphatic heterocycles. The number of benzene rings is 1. The van der Waals surface area contributed by atoms with E-state index in [2.05, 4.69) is 10.2 Å². The maximum Gasteiger partial charge on any atom is 0.288 e. The lowest BCUT2D eigenvalue weighted by Gasteiger charge is -2.37. The van der Waals surface area contributed by atoms with Crippen molar-refractivity contribution < 1.29 is 23.1 Å². The topological polar surface area (TPSA) is 61.9 Å². The Morgan fingerprint density at radius 3 is 2.31 bits per heavy atom. The number of carbonyl (C=O) groups excluding carboxylic acids is 2. The zero-order chi connectivity index (χ0) is 20.8. The molecule has 0 aromatic heterocycles. The number of nitrogens with one attached hydrogen (secondary N) is 1. The lowest BCUT2D eigenvalue weighted by atomic mass is 9.94. The highest BCUT2D eigenvalue weighted by Crippen LogP contribution is 2.26. The summed E-state index contributed by atoms with van der Waals surface area (Å²) in [6, 6.07) is 6.06. The lowest BCUT2D eigenvalue weighted by molar-refractivity contribution is -0.141. The molecule has 0 aliphatic carbocycles. The summed E-state index contributed by atoms with van der Waals surface area (Å²) in [6.07, 6.45) is 1.49. The van der Waals surface area contributed by atoms with Gasteiger partial charge in [0.1, 0.15) is 0 Å². The van der Waals surface area contributed by atoms with E-state index in [1.165, 1.54) is 0 Å². The first kappa shape index (κ1) is 22.0. The third-order valence-corrected chi connectivity index (χ3v) is 6.20. The predicted octanol–water partition coefficient (Wildman–Crippen LogP) is 2.90. The fourth-order valence-electron chi connectivity index (χ4n) is 3.71. The van der Waals surface area contributed by atoms with E-state index in [9.17, 15) is 18.4 Å². The van der Waals surface area contributed by atoms with Gasteiger partial charge < -0.3 is 15.0 Å². The Labute approximate surface area is 173 Å². The molecule has 1 aromatic carbocycles. The van der Waals surface area contributed by atoms with Crippen molar-refractivity contribution in [1.82, 2.24) is 9.80 Å². The molecule has 0 radical (unpaired) electrons. The van der Waals surface area contributed by atoms with Gasteiger partial charge in [-0.3, -0.25) is 14.5 Å². The number of rotatable bonds is 6. The van der Waals surface area contributed by atoms with Crippen LogP contribution in [0.25, 0.3) is 0 Å². The molecule has 160 valence electrons. The van der Waals surface area contributed by atoms with Gasteiger partial charge >= 0.3 is 0 Å². The SMILES string of the molecule is C[C@@H](C(=O)Nc1ccc(SC(F)F)cc1)N1CCC(C(=O)N2CCOCC2)CC1. The van der Waals surface area contributed by atoms with Crippen molar-refractivity contribution in [2.45, 2.75) is 36.5 Å². The van der Waals surface area contributed by atoms with Crippen molar-refractivity contribution in [1.29, 1.82) is 0 Å². The second-order valence-electron chi connectivity index (χ2n) is 7.32. The molecule has 2 heterocycles. The van der Waals surface area contributed by atoms with Crippen molar-refractivity contribution in [3.63, 3.8) is 0 Å². The Balaban J connectivity index is 1.46. The standard InChI is InChI=1S/C20H27F2N3O3S/c1-14(18(26)23-16-2-4-17(5-3-16)29-20(21)22)24-8-6-15(7-9-24)19(27)25-10-12-28-13-11-25/h2-5,14-15,20H,6-13H2,1H3,(H,23,26)/t14-/m0/s1. The van der Waals surface area contributed by atoms with Crippen LogP contribution >= 0.6 is 11.8 Å². The maximum atomic E-state index is 12.6. The van der Waals surface area contributed by atoms with Gasteiger partial charge in [-0.15, -0.1) is 0 Å². The molecule has 0 unspecified atom stereocenters. The Bertz CT molecular complexity index is 691. The highest BCUT2D eigenvalue weighted by Gasteiger charge is 2.32. The summed E-state index contributed by atoms with van der Waals surface area (Å²) in [4.78, 5) is 29.6. The zero-order valence-electron chi connectivity index (χ0n) is 16.5. The number of halogens is 2. The molecule has 29 heavy (non-hydrogen) atoms. The van der Waals surface area contributed by atoms with Crippen LogP contribution in [0.3, 0.4) is 0 Å².